The van der Waals surface area contributed by atoms with Gasteiger partial charge in [-0.15, -0.1) is 0 Å². The highest BCUT2D eigenvalue weighted by molar-refractivity contribution is 5.99. The number of fused-ring (bicyclic) bond motifs is 1. The molecule has 6 nitrogen and oxygen atoms in total. The van der Waals surface area contributed by atoms with Crippen LogP contribution in [0, 0.1) is 0 Å². The molecule has 1 amide bonds. The molecular formula is C24H29N3O3. The minimum Gasteiger partial charge on any atom is -0.491 e. The first kappa shape index (κ1) is 19.4. The van der Waals surface area contributed by atoms with Crippen LogP contribution in [0.3, 0.4) is 0 Å². The van der Waals surface area contributed by atoms with Crippen molar-refractivity contribution in [3.8, 4) is 5.75 Å². The standard InChI is InChI=1S/C24H29N3O3/c28-21(16-30-22-7-8-23-19(13-22)14-24(29)25-23)15-26-9-11-27(12-10-26)20-5-3-18(4-6-20)17-1-2-17/h3-8,13,17,21,28H,1-2,9-12,14-16H2,(H,25,29)/t21-/m1/s1. The average Bonchev–Trinajstić information content (AvgIpc) is 3.54. The summed E-state index contributed by atoms with van der Waals surface area (Å²) in [7, 11) is 0. The Morgan fingerprint density at radius 1 is 1.07 bits per heavy atom. The van der Waals surface area contributed by atoms with Crippen molar-refractivity contribution in [3.63, 3.8) is 0 Å². The number of aliphatic hydroxyl groups excluding tert-OH is 1. The van der Waals surface area contributed by atoms with E-state index < -0.39 is 6.10 Å². The number of hydrogen-bond acceptors (Lipinski definition) is 5. The van der Waals surface area contributed by atoms with E-state index in [4.69, 9.17) is 4.74 Å². The lowest BCUT2D eigenvalue weighted by Gasteiger charge is -2.37. The van der Waals surface area contributed by atoms with Crippen molar-refractivity contribution in [3.05, 3.63) is 53.6 Å². The molecule has 1 saturated heterocycles. The van der Waals surface area contributed by atoms with Gasteiger partial charge in [0.25, 0.3) is 0 Å². The normalized spacial score (nSPS) is 20.0. The Morgan fingerprint density at radius 3 is 2.57 bits per heavy atom. The van der Waals surface area contributed by atoms with Crippen molar-refractivity contribution in [1.29, 1.82) is 0 Å². The average molecular weight is 408 g/mol. The Bertz CT molecular complexity index is 902. The largest absolute Gasteiger partial charge is 0.491 e. The van der Waals surface area contributed by atoms with E-state index in [1.807, 2.05) is 18.2 Å². The van der Waals surface area contributed by atoms with Gasteiger partial charge in [-0.2, -0.15) is 0 Å². The maximum atomic E-state index is 11.5. The summed E-state index contributed by atoms with van der Waals surface area (Å²) < 4.78 is 5.77. The Hall–Kier alpha value is -2.57. The van der Waals surface area contributed by atoms with Gasteiger partial charge in [-0.25, -0.2) is 0 Å². The first-order valence-electron chi connectivity index (χ1n) is 10.9. The van der Waals surface area contributed by atoms with Crippen LogP contribution < -0.4 is 15.0 Å². The topological polar surface area (TPSA) is 65.0 Å². The van der Waals surface area contributed by atoms with Crippen LogP contribution in [0.15, 0.2) is 42.5 Å². The van der Waals surface area contributed by atoms with Crippen LogP contribution in [0.1, 0.15) is 29.9 Å². The van der Waals surface area contributed by atoms with Crippen LogP contribution in [0.2, 0.25) is 0 Å². The molecule has 6 heteroatoms. The number of carbonyl (C=O) groups excluding carboxylic acids is 1. The number of rotatable bonds is 7. The molecule has 0 radical (unpaired) electrons. The third-order valence-corrected chi connectivity index (χ3v) is 6.29. The van der Waals surface area contributed by atoms with E-state index in [1.165, 1.54) is 24.1 Å². The van der Waals surface area contributed by atoms with Gasteiger partial charge in [0.2, 0.25) is 5.91 Å². The van der Waals surface area contributed by atoms with Gasteiger partial charge < -0.3 is 20.1 Å². The molecule has 5 rings (SSSR count). The summed E-state index contributed by atoms with van der Waals surface area (Å²) in [6.07, 6.45) is 2.53. The van der Waals surface area contributed by atoms with Gasteiger partial charge in [-0.1, -0.05) is 12.1 Å². The fourth-order valence-electron chi connectivity index (χ4n) is 4.40. The highest BCUT2D eigenvalue weighted by Gasteiger charge is 2.24. The van der Waals surface area contributed by atoms with Crippen molar-refractivity contribution >= 4 is 17.3 Å². The molecule has 2 N–H and O–H groups in total. The SMILES string of the molecule is O=C1Cc2cc(OC[C@H](O)CN3CCN(c4ccc(C5CC5)cc4)CC3)ccc2N1. The number of carbonyl (C=O) groups is 1. The fourth-order valence-corrected chi connectivity index (χ4v) is 4.40. The van der Waals surface area contributed by atoms with Gasteiger partial charge >= 0.3 is 0 Å². The maximum Gasteiger partial charge on any atom is 0.228 e. The van der Waals surface area contributed by atoms with Crippen LogP contribution in [0.5, 0.6) is 5.75 Å². The molecule has 0 spiro atoms. The molecule has 1 saturated carbocycles. The van der Waals surface area contributed by atoms with Crippen molar-refractivity contribution in [2.45, 2.75) is 31.3 Å². The van der Waals surface area contributed by atoms with Crippen LogP contribution >= 0.6 is 0 Å². The lowest BCUT2D eigenvalue weighted by molar-refractivity contribution is -0.115. The van der Waals surface area contributed by atoms with Gasteiger partial charge in [-0.3, -0.25) is 9.69 Å². The summed E-state index contributed by atoms with van der Waals surface area (Å²) in [4.78, 5) is 16.2. The fraction of sp³-hybridized carbons (Fsp3) is 0.458. The second-order valence-electron chi connectivity index (χ2n) is 8.66. The van der Waals surface area contributed by atoms with E-state index in [0.29, 0.717) is 18.7 Å². The molecule has 2 aliphatic heterocycles. The van der Waals surface area contributed by atoms with E-state index in [-0.39, 0.29) is 12.5 Å². The van der Waals surface area contributed by atoms with E-state index >= 15 is 0 Å². The summed E-state index contributed by atoms with van der Waals surface area (Å²) in [5.41, 5.74) is 4.58. The minimum atomic E-state index is -0.539. The zero-order valence-corrected chi connectivity index (χ0v) is 17.2. The summed E-state index contributed by atoms with van der Waals surface area (Å²) in [6.45, 7) is 4.69. The Labute approximate surface area is 177 Å². The summed E-state index contributed by atoms with van der Waals surface area (Å²) in [5, 5.41) is 13.2. The predicted molar refractivity (Wildman–Crippen MR) is 117 cm³/mol. The smallest absolute Gasteiger partial charge is 0.228 e. The van der Waals surface area contributed by atoms with Gasteiger partial charge in [-0.05, 0) is 60.2 Å². The monoisotopic (exact) mass is 407 g/mol. The molecule has 2 aromatic rings. The number of nitrogens with zero attached hydrogens (tertiary/aromatic N) is 2. The number of β-amino-alcohol motifs (C(OH)–C–C–N with tert-alkyl or cyclic N) is 1. The second-order valence-corrected chi connectivity index (χ2v) is 8.66. The van der Waals surface area contributed by atoms with Gasteiger partial charge in [0.15, 0.2) is 0 Å². The lowest BCUT2D eigenvalue weighted by Crippen LogP contribution is -2.49. The molecule has 1 aliphatic carbocycles. The molecule has 1 atom stereocenters. The number of piperazine rings is 1. The summed E-state index contributed by atoms with van der Waals surface area (Å²) >= 11 is 0. The van der Waals surface area contributed by atoms with Gasteiger partial charge in [0.1, 0.15) is 18.5 Å². The molecule has 158 valence electrons. The molecule has 3 aliphatic rings. The zero-order chi connectivity index (χ0) is 20.5. The quantitative estimate of drug-likeness (QED) is 0.739. The predicted octanol–water partition coefficient (Wildman–Crippen LogP) is 2.62. The summed E-state index contributed by atoms with van der Waals surface area (Å²) in [6, 6.07) is 14.7. The van der Waals surface area contributed by atoms with Crippen molar-refractivity contribution in [2.24, 2.45) is 0 Å². The number of benzene rings is 2. The van der Waals surface area contributed by atoms with Crippen LogP contribution in [0.25, 0.3) is 0 Å². The van der Waals surface area contributed by atoms with Crippen LogP contribution in [-0.2, 0) is 11.2 Å². The van der Waals surface area contributed by atoms with E-state index in [1.54, 1.807) is 0 Å². The third-order valence-electron chi connectivity index (χ3n) is 6.29. The summed E-state index contributed by atoms with van der Waals surface area (Å²) in [5.74, 6) is 1.51. The number of anilines is 2. The number of aliphatic hydroxyl groups is 1. The van der Waals surface area contributed by atoms with Gasteiger partial charge in [0, 0.05) is 44.1 Å². The maximum absolute atomic E-state index is 11.5. The highest BCUT2D eigenvalue weighted by Crippen LogP contribution is 2.40. The number of amides is 1. The van der Waals surface area contributed by atoms with E-state index in [9.17, 15) is 9.90 Å². The first-order chi connectivity index (χ1) is 14.6. The molecule has 0 bridgehead atoms. The van der Waals surface area contributed by atoms with Crippen LogP contribution in [0.4, 0.5) is 11.4 Å². The van der Waals surface area contributed by atoms with Gasteiger partial charge in [0.05, 0.1) is 6.42 Å². The molecule has 30 heavy (non-hydrogen) atoms. The second kappa shape index (κ2) is 8.28. The van der Waals surface area contributed by atoms with Crippen LogP contribution in [-0.4, -0.2) is 61.3 Å². The first-order valence-corrected chi connectivity index (χ1v) is 10.9. The Balaban J connectivity index is 1.06. The zero-order valence-electron chi connectivity index (χ0n) is 17.2. The Morgan fingerprint density at radius 2 is 1.83 bits per heavy atom. The molecule has 2 heterocycles. The molecule has 2 fully saturated rings. The molecule has 0 aromatic heterocycles. The lowest BCUT2D eigenvalue weighted by atomic mass is 10.1. The molecule has 0 unspecified atom stereocenters. The third kappa shape index (κ3) is 4.45. The molecular weight excluding hydrogens is 378 g/mol. The minimum absolute atomic E-state index is 0.0141. The number of hydrogen-bond donors (Lipinski definition) is 2. The number of nitrogens with one attached hydrogen (secondary N) is 1. The molecule has 2 aromatic carbocycles. The number of ether oxygens (including phenoxy) is 1. The van der Waals surface area contributed by atoms with E-state index in [2.05, 4.69) is 39.4 Å². The van der Waals surface area contributed by atoms with E-state index in [0.717, 1.165) is 43.3 Å². The Kier molecular flexibility index (Phi) is 5.35. The highest BCUT2D eigenvalue weighted by atomic mass is 16.5. The van der Waals surface area contributed by atoms with Crippen molar-refractivity contribution < 1.29 is 14.6 Å². The van der Waals surface area contributed by atoms with Crippen molar-refractivity contribution in [1.82, 2.24) is 4.90 Å². The van der Waals surface area contributed by atoms with Crippen molar-refractivity contribution in [2.75, 3.05) is 49.5 Å².